The standard InChI is InChI=1S/C15H23O3PS2/c1-6-16-19(20,7-2)18-13-9-12(21-5)8-11-10-15(3,4)17-14(11)13/h8-9H,6-7,10H2,1-5H3. The van der Waals surface area contributed by atoms with Crippen molar-refractivity contribution in [2.45, 2.75) is 44.6 Å². The molecule has 0 amide bonds. The molecule has 0 N–H and O–H groups in total. The molecule has 0 aliphatic carbocycles. The first-order valence-electron chi connectivity index (χ1n) is 7.15. The number of rotatable bonds is 6. The van der Waals surface area contributed by atoms with E-state index < -0.39 is 6.49 Å². The van der Waals surface area contributed by atoms with Crippen LogP contribution >= 0.6 is 18.3 Å². The molecule has 21 heavy (non-hydrogen) atoms. The summed E-state index contributed by atoms with van der Waals surface area (Å²) in [6.45, 7) is 6.43. The van der Waals surface area contributed by atoms with Crippen LogP contribution in [0.4, 0.5) is 0 Å². The van der Waals surface area contributed by atoms with Gasteiger partial charge in [-0.1, -0.05) is 6.92 Å². The van der Waals surface area contributed by atoms with Gasteiger partial charge in [0.2, 0.25) is 6.49 Å². The fraction of sp³-hybridized carbons (Fsp3) is 0.600. The second-order valence-electron chi connectivity index (χ2n) is 5.59. The van der Waals surface area contributed by atoms with E-state index in [1.165, 1.54) is 10.5 Å². The molecule has 0 radical (unpaired) electrons. The molecule has 0 saturated heterocycles. The predicted molar refractivity (Wildman–Crippen MR) is 93.7 cm³/mol. The van der Waals surface area contributed by atoms with E-state index in [2.05, 4.69) is 26.2 Å². The normalized spacial score (nSPS) is 18.7. The molecule has 1 aliphatic heterocycles. The van der Waals surface area contributed by atoms with Crippen LogP contribution in [-0.2, 0) is 22.8 Å². The highest BCUT2D eigenvalue weighted by Crippen LogP contribution is 2.53. The highest BCUT2D eigenvalue weighted by atomic mass is 32.5. The molecule has 118 valence electrons. The van der Waals surface area contributed by atoms with Crippen molar-refractivity contribution in [2.75, 3.05) is 19.0 Å². The van der Waals surface area contributed by atoms with Crippen molar-refractivity contribution in [3.05, 3.63) is 17.7 Å². The van der Waals surface area contributed by atoms with Crippen molar-refractivity contribution in [3.63, 3.8) is 0 Å². The summed E-state index contributed by atoms with van der Waals surface area (Å²) in [7, 11) is 0. The monoisotopic (exact) mass is 346 g/mol. The van der Waals surface area contributed by atoms with Gasteiger partial charge < -0.3 is 13.8 Å². The number of benzene rings is 1. The number of hydrogen-bond donors (Lipinski definition) is 0. The maximum atomic E-state index is 6.14. The summed E-state index contributed by atoms with van der Waals surface area (Å²) in [5.74, 6) is 1.57. The van der Waals surface area contributed by atoms with E-state index in [1.54, 1.807) is 11.8 Å². The highest BCUT2D eigenvalue weighted by molar-refractivity contribution is 8.10. The summed E-state index contributed by atoms with van der Waals surface area (Å²) < 4.78 is 17.9. The van der Waals surface area contributed by atoms with Gasteiger partial charge in [-0.3, -0.25) is 0 Å². The Morgan fingerprint density at radius 3 is 2.67 bits per heavy atom. The van der Waals surface area contributed by atoms with Gasteiger partial charge in [-0.25, -0.2) is 0 Å². The molecule has 2 rings (SSSR count). The number of hydrogen-bond acceptors (Lipinski definition) is 5. The van der Waals surface area contributed by atoms with Crippen LogP contribution in [0.3, 0.4) is 0 Å². The fourth-order valence-electron chi connectivity index (χ4n) is 2.36. The molecule has 0 spiro atoms. The Hall–Kier alpha value is -0.220. The molecule has 3 nitrogen and oxygen atoms in total. The Morgan fingerprint density at radius 1 is 1.38 bits per heavy atom. The molecule has 0 saturated carbocycles. The topological polar surface area (TPSA) is 27.7 Å². The smallest absolute Gasteiger partial charge is 0.238 e. The number of thioether (sulfide) groups is 1. The third-order valence-electron chi connectivity index (χ3n) is 3.29. The van der Waals surface area contributed by atoms with Crippen molar-refractivity contribution < 1.29 is 13.8 Å². The van der Waals surface area contributed by atoms with E-state index in [9.17, 15) is 0 Å². The zero-order valence-corrected chi connectivity index (χ0v) is 15.8. The predicted octanol–water partition coefficient (Wildman–Crippen LogP) is 4.87. The average molecular weight is 346 g/mol. The lowest BCUT2D eigenvalue weighted by Crippen LogP contribution is -2.24. The van der Waals surface area contributed by atoms with Gasteiger partial charge in [-0.2, -0.15) is 0 Å². The van der Waals surface area contributed by atoms with Crippen LogP contribution in [0.1, 0.15) is 33.3 Å². The van der Waals surface area contributed by atoms with Gasteiger partial charge in [0.05, 0.1) is 6.61 Å². The zero-order chi connectivity index (χ0) is 15.7. The van der Waals surface area contributed by atoms with E-state index in [1.807, 2.05) is 19.9 Å². The van der Waals surface area contributed by atoms with E-state index in [0.717, 1.165) is 17.9 Å². The first-order chi connectivity index (χ1) is 9.82. The van der Waals surface area contributed by atoms with Crippen LogP contribution in [0.2, 0.25) is 0 Å². The van der Waals surface area contributed by atoms with E-state index in [-0.39, 0.29) is 5.60 Å². The maximum absolute atomic E-state index is 6.14. The van der Waals surface area contributed by atoms with Crippen LogP contribution in [0.25, 0.3) is 0 Å². The van der Waals surface area contributed by atoms with Gasteiger partial charge in [0, 0.05) is 23.0 Å². The molecule has 1 aromatic carbocycles. The minimum absolute atomic E-state index is 0.197. The fourth-order valence-corrected chi connectivity index (χ4v) is 4.60. The quantitative estimate of drug-likeness (QED) is 0.541. The van der Waals surface area contributed by atoms with Gasteiger partial charge >= 0.3 is 0 Å². The van der Waals surface area contributed by atoms with E-state index in [0.29, 0.717) is 12.8 Å². The number of ether oxygens (including phenoxy) is 1. The molecule has 1 unspecified atom stereocenters. The lowest BCUT2D eigenvalue weighted by Gasteiger charge is -2.23. The third-order valence-corrected chi connectivity index (χ3v) is 7.21. The second kappa shape index (κ2) is 6.49. The summed E-state index contributed by atoms with van der Waals surface area (Å²) in [4.78, 5) is 1.17. The molecule has 1 aliphatic rings. The summed E-state index contributed by atoms with van der Waals surface area (Å²) in [5.41, 5.74) is 0.994. The summed E-state index contributed by atoms with van der Waals surface area (Å²) in [6.07, 6.45) is 3.65. The summed E-state index contributed by atoms with van der Waals surface area (Å²) in [6, 6.07) is 4.19. The van der Waals surface area contributed by atoms with Crippen LogP contribution in [0, 0.1) is 0 Å². The lowest BCUT2D eigenvalue weighted by molar-refractivity contribution is 0.135. The van der Waals surface area contributed by atoms with Crippen LogP contribution in [0.15, 0.2) is 17.0 Å². The highest BCUT2D eigenvalue weighted by Gasteiger charge is 2.34. The van der Waals surface area contributed by atoms with Crippen LogP contribution < -0.4 is 9.26 Å². The minimum Gasteiger partial charge on any atom is -0.483 e. The largest absolute Gasteiger partial charge is 0.483 e. The summed E-state index contributed by atoms with van der Waals surface area (Å²) >= 11 is 7.29. The van der Waals surface area contributed by atoms with Crippen molar-refractivity contribution in [2.24, 2.45) is 0 Å². The maximum Gasteiger partial charge on any atom is 0.238 e. The Bertz CT molecular complexity index is 572. The van der Waals surface area contributed by atoms with E-state index >= 15 is 0 Å². The molecule has 1 heterocycles. The van der Waals surface area contributed by atoms with Gasteiger partial charge in [0.25, 0.3) is 0 Å². The Kier molecular flexibility index (Phi) is 5.30. The Morgan fingerprint density at radius 2 is 2.10 bits per heavy atom. The average Bonchev–Trinajstić information content (AvgIpc) is 2.73. The first kappa shape index (κ1) is 17.1. The van der Waals surface area contributed by atoms with Crippen LogP contribution in [-0.4, -0.2) is 24.6 Å². The molecular weight excluding hydrogens is 323 g/mol. The van der Waals surface area contributed by atoms with Crippen molar-refractivity contribution in [1.82, 2.24) is 0 Å². The molecule has 0 bridgehead atoms. The lowest BCUT2D eigenvalue weighted by atomic mass is 10.0. The number of fused-ring (bicyclic) bond motifs is 1. The van der Waals surface area contributed by atoms with Crippen molar-refractivity contribution in [3.8, 4) is 11.5 Å². The molecule has 0 fully saturated rings. The first-order valence-corrected chi connectivity index (χ1v) is 11.2. The van der Waals surface area contributed by atoms with Gasteiger partial charge in [-0.15, -0.1) is 11.8 Å². The van der Waals surface area contributed by atoms with Crippen molar-refractivity contribution >= 4 is 30.1 Å². The van der Waals surface area contributed by atoms with Gasteiger partial charge in [0.1, 0.15) is 5.60 Å². The third kappa shape index (κ3) is 3.95. The van der Waals surface area contributed by atoms with E-state index in [4.69, 9.17) is 25.6 Å². The minimum atomic E-state index is -2.28. The SMILES string of the molecule is CCOP(=S)(CC)Oc1cc(SC)cc2c1OC(C)(C)C2. The molecule has 6 heteroatoms. The molecule has 1 aromatic rings. The molecule has 0 aromatic heterocycles. The molecular formula is C15H23O3PS2. The zero-order valence-electron chi connectivity index (χ0n) is 13.3. The van der Waals surface area contributed by atoms with Gasteiger partial charge in [0.15, 0.2) is 11.5 Å². The Balaban J connectivity index is 2.40. The molecule has 1 atom stereocenters. The van der Waals surface area contributed by atoms with Crippen LogP contribution in [0.5, 0.6) is 11.5 Å². The van der Waals surface area contributed by atoms with Crippen molar-refractivity contribution in [1.29, 1.82) is 0 Å². The Labute approximate surface area is 136 Å². The second-order valence-corrected chi connectivity index (χ2v) is 10.4. The van der Waals surface area contributed by atoms with Gasteiger partial charge in [-0.05, 0) is 51.0 Å². The summed E-state index contributed by atoms with van der Waals surface area (Å²) in [5, 5.41) is 0.